The Balaban J connectivity index is 0.000000544. The Morgan fingerprint density at radius 1 is 0.366 bits per heavy atom. The SMILES string of the molecule is COC[C@]1(C)C[C@H](C(=O)O)CN1C.COC[C@]1(C)C[C@H](C(C)=O)CN1.COC[C@]1(C)C[C@H](C(C)=O)CN1.COC[C@]1(C)C[C@H](C(C)=O)CN1C.COC[C@]1(C)C[C@H](C(C)=O)CN1C.COC[C@]1(C)C[C@H](C(C)=O)CN1C.COC[C@]1(C)C[C@H](C(C)=O)CN1C(=O)C(C)C. The van der Waals surface area contributed by atoms with Gasteiger partial charge in [-0.25, -0.2) is 0 Å². The molecule has 93 heavy (non-hydrogen) atoms. The van der Waals surface area contributed by atoms with Crippen LogP contribution in [0, 0.1) is 47.3 Å². The molecule has 542 valence electrons. The zero-order valence-corrected chi connectivity index (χ0v) is 62.8. The highest BCUT2D eigenvalue weighted by Crippen LogP contribution is 2.37. The van der Waals surface area contributed by atoms with Gasteiger partial charge in [-0.3, -0.25) is 58.0 Å². The summed E-state index contributed by atoms with van der Waals surface area (Å²) >= 11 is 0. The number of amides is 1. The van der Waals surface area contributed by atoms with Gasteiger partial charge in [-0.05, 0) is 163 Å². The molecule has 0 spiro atoms. The molecular formula is C70H131N7O16. The number of carboxylic acids is 1. The standard InChI is InChI=1S/C13H23NO3.3C10H19NO2.C9H17NO3.2C9H17NO2/c1-9(2)12(16)14-7-11(10(3)15)6-13(14,4)8-17-5;3*1-8(12)9-5-10(2,7-13-4)11(3)6-9;1-9(6-13-3)4-7(8(11)12)5-10(9)2;2*1-7(11)8-4-9(2,6-12-3)10-5-8/h9,11H,6-8H2,1-5H3;3*9H,5-7H2,1-4H3;7H,4-6H2,1-3H3,(H,11,12);2*8,10H,4-6H2,1-3H3/t11-,13-;3*9-,10-;7-,9-;2*8-,9-/m0000000/s1. The number of likely N-dealkylation sites (tertiary alicyclic amines) is 5. The van der Waals surface area contributed by atoms with Crippen LogP contribution in [-0.2, 0) is 71.5 Å². The highest BCUT2D eigenvalue weighted by Gasteiger charge is 2.48. The summed E-state index contributed by atoms with van der Waals surface area (Å²) in [5.41, 5.74) is -0.304. The first kappa shape index (κ1) is 87.5. The van der Waals surface area contributed by atoms with Crippen molar-refractivity contribution in [1.29, 1.82) is 0 Å². The molecule has 0 bridgehead atoms. The van der Waals surface area contributed by atoms with E-state index < -0.39 is 5.97 Å². The molecule has 0 radical (unpaired) electrons. The highest BCUT2D eigenvalue weighted by atomic mass is 16.5. The fourth-order valence-electron chi connectivity index (χ4n) is 14.2. The van der Waals surface area contributed by atoms with Crippen LogP contribution in [0.3, 0.4) is 0 Å². The average Bonchev–Trinajstić information content (AvgIpc) is 1.67. The number of hydrogen-bond acceptors (Lipinski definition) is 21. The zero-order chi connectivity index (χ0) is 71.8. The number of nitrogens with zero attached hydrogens (tertiary/aromatic N) is 5. The third-order valence-electron chi connectivity index (χ3n) is 20.9. The van der Waals surface area contributed by atoms with Crippen molar-refractivity contribution in [2.45, 2.75) is 188 Å². The fraction of sp³-hybridized carbons (Fsp3) is 0.886. The molecule has 7 aliphatic rings. The molecule has 0 aromatic carbocycles. The quantitative estimate of drug-likeness (QED) is 0.114. The number of ketones is 6. The van der Waals surface area contributed by atoms with Crippen molar-refractivity contribution in [3.8, 4) is 0 Å². The van der Waals surface area contributed by atoms with E-state index in [1.165, 1.54) is 0 Å². The maximum atomic E-state index is 12.2. The van der Waals surface area contributed by atoms with E-state index >= 15 is 0 Å². The highest BCUT2D eigenvalue weighted by molar-refractivity contribution is 5.84. The maximum Gasteiger partial charge on any atom is 0.307 e. The van der Waals surface area contributed by atoms with E-state index in [0.717, 1.165) is 64.8 Å². The topological polar surface area (TPSA) is 262 Å². The van der Waals surface area contributed by atoms with Crippen LogP contribution in [0.25, 0.3) is 0 Å². The van der Waals surface area contributed by atoms with Crippen molar-refractivity contribution in [2.24, 2.45) is 47.3 Å². The summed E-state index contributed by atoms with van der Waals surface area (Å²) in [6, 6.07) is 0. The normalized spacial score (nSPS) is 34.1. The lowest BCUT2D eigenvalue weighted by Gasteiger charge is -2.35. The van der Waals surface area contributed by atoms with Gasteiger partial charge < -0.3 is 53.8 Å². The van der Waals surface area contributed by atoms with Gasteiger partial charge in [-0.15, -0.1) is 0 Å². The zero-order valence-electron chi connectivity index (χ0n) is 62.8. The Morgan fingerprint density at radius 3 is 0.796 bits per heavy atom. The first-order chi connectivity index (χ1) is 42.9. The second-order valence-electron chi connectivity index (χ2n) is 30.3. The van der Waals surface area contributed by atoms with E-state index in [9.17, 15) is 38.4 Å². The monoisotopic (exact) mass is 1330 g/mol. The number of nitrogens with one attached hydrogen (secondary N) is 2. The van der Waals surface area contributed by atoms with Crippen LogP contribution in [0.1, 0.15) is 149 Å². The van der Waals surface area contributed by atoms with E-state index in [1.807, 2.05) is 39.6 Å². The predicted octanol–water partition coefficient (Wildman–Crippen LogP) is 5.89. The van der Waals surface area contributed by atoms with Gasteiger partial charge in [-0.2, -0.15) is 0 Å². The molecule has 3 N–H and O–H groups in total. The summed E-state index contributed by atoms with van der Waals surface area (Å²) in [6.07, 6.45) is 5.94. The van der Waals surface area contributed by atoms with Gasteiger partial charge in [0.2, 0.25) is 5.91 Å². The third-order valence-corrected chi connectivity index (χ3v) is 20.9. The van der Waals surface area contributed by atoms with Gasteiger partial charge in [0.1, 0.15) is 34.7 Å². The number of ether oxygens (including phenoxy) is 7. The Hall–Kier alpha value is -3.56. The molecule has 7 heterocycles. The van der Waals surface area contributed by atoms with Crippen LogP contribution >= 0.6 is 0 Å². The van der Waals surface area contributed by atoms with Crippen molar-refractivity contribution in [3.63, 3.8) is 0 Å². The minimum absolute atomic E-state index is 0.00505. The molecule has 0 saturated carbocycles. The molecule has 14 atom stereocenters. The fourth-order valence-corrected chi connectivity index (χ4v) is 14.2. The van der Waals surface area contributed by atoms with Crippen LogP contribution in [0.15, 0.2) is 0 Å². The molecule has 0 unspecified atom stereocenters. The molecule has 0 aromatic heterocycles. The summed E-state index contributed by atoms with van der Waals surface area (Å²) in [5, 5.41) is 15.5. The first-order valence-corrected chi connectivity index (χ1v) is 33.3. The molecule has 7 saturated heterocycles. The Kier molecular flexibility index (Phi) is 36.8. The smallest absolute Gasteiger partial charge is 0.307 e. The van der Waals surface area contributed by atoms with Crippen molar-refractivity contribution < 1.29 is 76.6 Å². The van der Waals surface area contributed by atoms with E-state index in [1.54, 1.807) is 91.3 Å². The molecule has 7 rings (SSSR count). The van der Waals surface area contributed by atoms with Crippen molar-refractivity contribution >= 4 is 46.6 Å². The van der Waals surface area contributed by atoms with E-state index in [-0.39, 0.29) is 109 Å². The summed E-state index contributed by atoms with van der Waals surface area (Å²) < 4.78 is 36.0. The van der Waals surface area contributed by atoms with Gasteiger partial charge in [0.15, 0.2) is 0 Å². The number of rotatable bonds is 22. The molecular weight excluding hydrogens is 1190 g/mol. The van der Waals surface area contributed by atoms with Crippen LogP contribution in [0.5, 0.6) is 0 Å². The summed E-state index contributed by atoms with van der Waals surface area (Å²) in [7, 11) is 19.9. The number of carbonyl (C=O) groups excluding carboxylic acids is 7. The van der Waals surface area contributed by atoms with Gasteiger partial charge in [0.25, 0.3) is 0 Å². The summed E-state index contributed by atoms with van der Waals surface area (Å²) in [5.74, 6) is 1.65. The number of methoxy groups -OCH3 is 7. The predicted molar refractivity (Wildman–Crippen MR) is 364 cm³/mol. The van der Waals surface area contributed by atoms with Gasteiger partial charge in [0, 0.05) is 170 Å². The first-order valence-electron chi connectivity index (χ1n) is 33.3. The minimum atomic E-state index is -0.702. The number of carbonyl (C=O) groups is 8. The van der Waals surface area contributed by atoms with Crippen molar-refractivity contribution in [1.82, 2.24) is 35.1 Å². The Labute approximate surface area is 561 Å². The molecule has 0 aromatic rings. The van der Waals surface area contributed by atoms with E-state index in [4.69, 9.17) is 38.3 Å². The molecule has 7 fully saturated rings. The van der Waals surface area contributed by atoms with Crippen LogP contribution < -0.4 is 10.6 Å². The Bertz CT molecular complexity index is 2170. The van der Waals surface area contributed by atoms with Crippen LogP contribution in [0.2, 0.25) is 0 Å². The van der Waals surface area contributed by atoms with Crippen LogP contribution in [-0.4, -0.2) is 285 Å². The van der Waals surface area contributed by atoms with Gasteiger partial charge in [-0.1, -0.05) is 13.8 Å². The van der Waals surface area contributed by atoms with Crippen molar-refractivity contribution in [2.75, 3.05) is 170 Å². The molecule has 23 nitrogen and oxygen atoms in total. The molecule has 23 heteroatoms. The average molecular weight is 1330 g/mol. The summed E-state index contributed by atoms with van der Waals surface area (Å²) in [6.45, 7) is 38.3. The van der Waals surface area contributed by atoms with Gasteiger partial charge >= 0.3 is 5.97 Å². The second-order valence-corrected chi connectivity index (χ2v) is 30.3. The second kappa shape index (κ2) is 39.1. The number of aliphatic carboxylic acids is 1. The summed E-state index contributed by atoms with van der Waals surface area (Å²) in [4.78, 5) is 101. The number of likely N-dealkylation sites (N-methyl/N-ethyl adjacent to an activating group) is 4. The van der Waals surface area contributed by atoms with Crippen LogP contribution in [0.4, 0.5) is 0 Å². The number of Topliss-reactive ketones (excluding diaryl/α,β-unsaturated/α-hetero) is 6. The maximum absolute atomic E-state index is 12.2. The Morgan fingerprint density at radius 2 is 0.591 bits per heavy atom. The minimum Gasteiger partial charge on any atom is -0.481 e. The largest absolute Gasteiger partial charge is 0.481 e. The lowest BCUT2D eigenvalue weighted by Crippen LogP contribution is -2.49. The number of carboxylic acid groups (broad SMARTS) is 1. The molecule has 7 aliphatic heterocycles. The molecule has 1 amide bonds. The number of hydrogen-bond donors (Lipinski definition) is 3. The van der Waals surface area contributed by atoms with Gasteiger partial charge in [0.05, 0.1) is 57.7 Å². The molecule has 0 aliphatic carbocycles. The van der Waals surface area contributed by atoms with Crippen molar-refractivity contribution in [3.05, 3.63) is 0 Å². The van der Waals surface area contributed by atoms with E-state index in [0.29, 0.717) is 89.5 Å². The van der Waals surface area contributed by atoms with E-state index in [2.05, 4.69) is 86.0 Å². The third kappa shape index (κ3) is 26.7. The lowest BCUT2D eigenvalue weighted by molar-refractivity contribution is -0.141. The lowest BCUT2D eigenvalue weighted by atomic mass is 9.93.